The van der Waals surface area contributed by atoms with E-state index < -0.39 is 10.8 Å². The summed E-state index contributed by atoms with van der Waals surface area (Å²) in [7, 11) is -1.26. The molecule has 1 unspecified atom stereocenters. The van der Waals surface area contributed by atoms with Crippen LogP contribution in [0.5, 0.6) is 0 Å². The van der Waals surface area contributed by atoms with Gasteiger partial charge >= 0.3 is 0 Å². The number of carbonyl (C=O) groups excluding carboxylic acids is 1. The standard InChI is InChI=1S/C17H16O2S/c18-17(14-5-2-1-3-6-14)12-20(19)16-10-9-13-7-4-8-15(13)11-16/h1-3,5-6,9-11H,4,7-8,12H2. The maximum atomic E-state index is 12.3. The lowest BCUT2D eigenvalue weighted by Crippen LogP contribution is -2.11. The predicted octanol–water partition coefficient (Wildman–Crippen LogP) is 3.17. The summed E-state index contributed by atoms with van der Waals surface area (Å²) in [5.74, 6) is -0.00701. The molecule has 0 saturated carbocycles. The van der Waals surface area contributed by atoms with E-state index in [0.717, 1.165) is 17.7 Å². The highest BCUT2D eigenvalue weighted by Gasteiger charge is 2.16. The van der Waals surface area contributed by atoms with Crippen LogP contribution in [0.3, 0.4) is 0 Å². The minimum absolute atomic E-state index is 0.0583. The third-order valence-electron chi connectivity index (χ3n) is 3.69. The van der Waals surface area contributed by atoms with E-state index in [0.29, 0.717) is 5.56 Å². The number of rotatable bonds is 4. The highest BCUT2D eigenvalue weighted by molar-refractivity contribution is 7.85. The summed E-state index contributed by atoms with van der Waals surface area (Å²) in [4.78, 5) is 12.8. The fourth-order valence-corrected chi connectivity index (χ4v) is 3.66. The van der Waals surface area contributed by atoms with Gasteiger partial charge in [0.15, 0.2) is 5.78 Å². The Bertz CT molecular complexity index is 662. The van der Waals surface area contributed by atoms with Gasteiger partial charge in [0.2, 0.25) is 0 Å². The van der Waals surface area contributed by atoms with Crippen LogP contribution in [-0.2, 0) is 23.6 Å². The number of Topliss-reactive ketones (excluding diaryl/α,β-unsaturated/α-hetero) is 1. The topological polar surface area (TPSA) is 34.1 Å². The average Bonchev–Trinajstić information content (AvgIpc) is 2.95. The van der Waals surface area contributed by atoms with E-state index in [9.17, 15) is 9.00 Å². The number of fused-ring (bicyclic) bond motifs is 1. The van der Waals surface area contributed by atoms with Crippen molar-refractivity contribution in [1.82, 2.24) is 0 Å². The van der Waals surface area contributed by atoms with Gasteiger partial charge in [-0.25, -0.2) is 0 Å². The van der Waals surface area contributed by atoms with Crippen LogP contribution < -0.4 is 0 Å². The molecule has 0 heterocycles. The van der Waals surface area contributed by atoms with Gasteiger partial charge in [-0.2, -0.15) is 0 Å². The second kappa shape index (κ2) is 5.71. The van der Waals surface area contributed by atoms with E-state index in [1.807, 2.05) is 30.3 Å². The van der Waals surface area contributed by atoms with Crippen molar-refractivity contribution in [1.29, 1.82) is 0 Å². The van der Waals surface area contributed by atoms with Crippen LogP contribution in [0.25, 0.3) is 0 Å². The maximum absolute atomic E-state index is 12.3. The largest absolute Gasteiger partial charge is 0.293 e. The van der Waals surface area contributed by atoms with Crippen molar-refractivity contribution in [3.8, 4) is 0 Å². The van der Waals surface area contributed by atoms with E-state index in [1.165, 1.54) is 17.5 Å². The SMILES string of the molecule is O=C(CS(=O)c1ccc2c(c1)CCC2)c1ccccc1. The first-order valence-electron chi connectivity index (χ1n) is 6.82. The van der Waals surface area contributed by atoms with E-state index in [1.54, 1.807) is 12.1 Å². The molecule has 0 amide bonds. The second-order valence-corrected chi connectivity index (χ2v) is 6.51. The Morgan fingerprint density at radius 1 is 1.00 bits per heavy atom. The van der Waals surface area contributed by atoms with Crippen molar-refractivity contribution in [2.24, 2.45) is 0 Å². The number of ketones is 1. The van der Waals surface area contributed by atoms with E-state index >= 15 is 0 Å². The maximum Gasteiger partial charge on any atom is 0.175 e. The molecule has 0 aliphatic heterocycles. The Morgan fingerprint density at radius 2 is 1.75 bits per heavy atom. The fraction of sp³-hybridized carbons (Fsp3) is 0.235. The third kappa shape index (κ3) is 2.73. The van der Waals surface area contributed by atoms with Crippen LogP contribution in [0.2, 0.25) is 0 Å². The molecule has 0 fully saturated rings. The van der Waals surface area contributed by atoms with Crippen molar-refractivity contribution in [3.63, 3.8) is 0 Å². The minimum Gasteiger partial charge on any atom is -0.293 e. The summed E-state index contributed by atoms with van der Waals surface area (Å²) < 4.78 is 12.3. The Morgan fingerprint density at radius 3 is 2.55 bits per heavy atom. The van der Waals surface area contributed by atoms with Crippen molar-refractivity contribution >= 4 is 16.6 Å². The van der Waals surface area contributed by atoms with Crippen molar-refractivity contribution in [2.45, 2.75) is 24.2 Å². The van der Waals surface area contributed by atoms with Gasteiger partial charge in [0, 0.05) is 10.5 Å². The number of hydrogen-bond acceptors (Lipinski definition) is 2. The molecular weight excluding hydrogens is 268 g/mol. The molecule has 0 aromatic heterocycles. The average molecular weight is 284 g/mol. The molecule has 0 spiro atoms. The third-order valence-corrected chi connectivity index (χ3v) is 4.99. The van der Waals surface area contributed by atoms with Gasteiger partial charge in [-0.15, -0.1) is 0 Å². The molecule has 2 aromatic rings. The van der Waals surface area contributed by atoms with E-state index in [2.05, 4.69) is 6.07 Å². The number of hydrogen-bond donors (Lipinski definition) is 0. The molecule has 2 aromatic carbocycles. The van der Waals surface area contributed by atoms with Gasteiger partial charge in [-0.3, -0.25) is 9.00 Å². The quantitative estimate of drug-likeness (QED) is 0.808. The molecule has 1 atom stereocenters. The first-order valence-corrected chi connectivity index (χ1v) is 8.14. The van der Waals surface area contributed by atoms with Crippen molar-refractivity contribution < 1.29 is 9.00 Å². The van der Waals surface area contributed by atoms with Crippen LogP contribution in [0.1, 0.15) is 27.9 Å². The smallest absolute Gasteiger partial charge is 0.175 e. The lowest BCUT2D eigenvalue weighted by molar-refractivity contribution is 0.102. The number of carbonyl (C=O) groups is 1. The summed E-state index contributed by atoms with van der Waals surface area (Å²) in [6.45, 7) is 0. The van der Waals surface area contributed by atoms with Crippen LogP contribution in [0.4, 0.5) is 0 Å². The predicted molar refractivity (Wildman–Crippen MR) is 80.5 cm³/mol. The highest BCUT2D eigenvalue weighted by atomic mass is 32.2. The second-order valence-electron chi connectivity index (χ2n) is 5.06. The normalized spacial score (nSPS) is 14.8. The lowest BCUT2D eigenvalue weighted by Gasteiger charge is -2.05. The summed E-state index contributed by atoms with van der Waals surface area (Å²) in [5.41, 5.74) is 3.28. The monoisotopic (exact) mass is 284 g/mol. The first kappa shape index (κ1) is 13.3. The Balaban J connectivity index is 1.75. The summed E-state index contributed by atoms with van der Waals surface area (Å²) in [6, 6.07) is 15.0. The van der Waals surface area contributed by atoms with Gasteiger partial charge in [0.1, 0.15) is 0 Å². The van der Waals surface area contributed by atoms with E-state index in [4.69, 9.17) is 0 Å². The zero-order valence-electron chi connectivity index (χ0n) is 11.2. The highest BCUT2D eigenvalue weighted by Crippen LogP contribution is 2.24. The van der Waals surface area contributed by atoms with Gasteiger partial charge in [-0.1, -0.05) is 36.4 Å². The first-order chi connectivity index (χ1) is 9.74. The zero-order chi connectivity index (χ0) is 13.9. The van der Waals surface area contributed by atoms with Crippen LogP contribution in [-0.4, -0.2) is 15.7 Å². The Kier molecular flexibility index (Phi) is 3.79. The summed E-state index contributed by atoms with van der Waals surface area (Å²) in [5, 5.41) is 0. The Hall–Kier alpha value is -1.74. The molecule has 0 radical (unpaired) electrons. The molecule has 1 aliphatic rings. The molecule has 0 N–H and O–H groups in total. The molecular formula is C17H16O2S. The molecule has 2 nitrogen and oxygen atoms in total. The molecule has 20 heavy (non-hydrogen) atoms. The molecule has 3 heteroatoms. The summed E-state index contributed by atoms with van der Waals surface area (Å²) in [6.07, 6.45) is 3.35. The van der Waals surface area contributed by atoms with Gasteiger partial charge in [0.05, 0.1) is 16.6 Å². The molecule has 0 saturated heterocycles. The number of aryl methyl sites for hydroxylation is 2. The van der Waals surface area contributed by atoms with Crippen molar-refractivity contribution in [3.05, 3.63) is 65.2 Å². The lowest BCUT2D eigenvalue weighted by atomic mass is 10.1. The molecule has 102 valence electrons. The summed E-state index contributed by atoms with van der Waals surface area (Å²) >= 11 is 0. The van der Waals surface area contributed by atoms with Crippen LogP contribution in [0, 0.1) is 0 Å². The zero-order valence-corrected chi connectivity index (χ0v) is 12.0. The van der Waals surface area contributed by atoms with Crippen LogP contribution in [0.15, 0.2) is 53.4 Å². The van der Waals surface area contributed by atoms with Gasteiger partial charge < -0.3 is 0 Å². The van der Waals surface area contributed by atoms with Crippen molar-refractivity contribution in [2.75, 3.05) is 5.75 Å². The van der Waals surface area contributed by atoms with Crippen LogP contribution >= 0.6 is 0 Å². The van der Waals surface area contributed by atoms with Gasteiger partial charge in [-0.05, 0) is 42.5 Å². The van der Waals surface area contributed by atoms with E-state index in [-0.39, 0.29) is 11.5 Å². The Labute approximate surface area is 121 Å². The number of benzene rings is 2. The van der Waals surface area contributed by atoms with Gasteiger partial charge in [0.25, 0.3) is 0 Å². The molecule has 3 rings (SSSR count). The molecule has 0 bridgehead atoms. The minimum atomic E-state index is -1.26. The fourth-order valence-electron chi connectivity index (χ4n) is 2.60. The molecule has 1 aliphatic carbocycles.